The van der Waals surface area contributed by atoms with E-state index in [1.165, 1.54) is 18.4 Å². The molecule has 1 amide bonds. The second kappa shape index (κ2) is 7.45. The highest BCUT2D eigenvalue weighted by Gasteiger charge is 2.16. The Morgan fingerprint density at radius 3 is 3.00 bits per heavy atom. The highest BCUT2D eigenvalue weighted by Crippen LogP contribution is 2.22. The quantitative estimate of drug-likeness (QED) is 0.885. The summed E-state index contributed by atoms with van der Waals surface area (Å²) < 4.78 is 5.20. The number of ether oxygens (including phenoxy) is 1. The summed E-state index contributed by atoms with van der Waals surface area (Å²) in [5.74, 6) is 0.564. The Balaban J connectivity index is 1.63. The molecule has 1 atom stereocenters. The van der Waals surface area contributed by atoms with Gasteiger partial charge in [0.1, 0.15) is 5.75 Å². The summed E-state index contributed by atoms with van der Waals surface area (Å²) in [6.07, 6.45) is 6.61. The van der Waals surface area contributed by atoms with Crippen LogP contribution in [0.4, 0.5) is 5.69 Å². The van der Waals surface area contributed by atoms with E-state index in [0.717, 1.165) is 35.5 Å². The normalized spacial score (nSPS) is 14.6. The number of pyridine rings is 1. The maximum atomic E-state index is 12.3. The van der Waals surface area contributed by atoms with Crippen LogP contribution in [0, 0.1) is 0 Å². The predicted octanol–water partition coefficient (Wildman–Crippen LogP) is 2.48. The molecule has 0 bridgehead atoms. The van der Waals surface area contributed by atoms with Gasteiger partial charge < -0.3 is 15.8 Å². The number of methoxy groups -OCH3 is 1. The van der Waals surface area contributed by atoms with Crippen LogP contribution < -0.4 is 15.8 Å². The van der Waals surface area contributed by atoms with Gasteiger partial charge in [0.15, 0.2) is 0 Å². The molecule has 5 nitrogen and oxygen atoms in total. The predicted molar refractivity (Wildman–Crippen MR) is 94.2 cm³/mol. The first-order valence-corrected chi connectivity index (χ1v) is 8.33. The van der Waals surface area contributed by atoms with Gasteiger partial charge in [-0.05, 0) is 61.4 Å². The smallest absolute Gasteiger partial charge is 0.241 e. The van der Waals surface area contributed by atoms with Crippen molar-refractivity contribution in [3.05, 3.63) is 53.3 Å². The van der Waals surface area contributed by atoms with Crippen LogP contribution in [0.5, 0.6) is 5.75 Å². The molecule has 2 aromatic rings. The molecule has 0 fully saturated rings. The van der Waals surface area contributed by atoms with Crippen LogP contribution in [-0.4, -0.2) is 24.0 Å². The number of anilines is 1. The average molecular weight is 325 g/mol. The molecule has 0 aliphatic heterocycles. The van der Waals surface area contributed by atoms with Gasteiger partial charge in [-0.1, -0.05) is 12.1 Å². The molecule has 1 aliphatic carbocycles. The maximum absolute atomic E-state index is 12.3. The van der Waals surface area contributed by atoms with Crippen LogP contribution in [0.2, 0.25) is 0 Å². The maximum Gasteiger partial charge on any atom is 0.241 e. The number of aryl methyl sites for hydroxylation is 2. The van der Waals surface area contributed by atoms with Crippen molar-refractivity contribution >= 4 is 11.6 Å². The topological polar surface area (TPSA) is 77.2 Å². The molecule has 0 radical (unpaired) electrons. The summed E-state index contributed by atoms with van der Waals surface area (Å²) in [4.78, 5) is 16.8. The Labute approximate surface area is 142 Å². The van der Waals surface area contributed by atoms with Crippen molar-refractivity contribution in [2.75, 3.05) is 12.4 Å². The number of benzene rings is 1. The number of nitrogens with zero attached hydrogens (tertiary/aromatic N) is 1. The molecule has 5 heteroatoms. The van der Waals surface area contributed by atoms with Crippen molar-refractivity contribution in [3.63, 3.8) is 0 Å². The van der Waals surface area contributed by atoms with Gasteiger partial charge in [-0.25, -0.2) is 0 Å². The molecule has 1 aromatic heterocycles. The zero-order chi connectivity index (χ0) is 16.9. The number of hydrogen-bond donors (Lipinski definition) is 2. The van der Waals surface area contributed by atoms with E-state index in [0.29, 0.717) is 6.42 Å². The van der Waals surface area contributed by atoms with Crippen LogP contribution in [0.15, 0.2) is 36.5 Å². The number of carbonyl (C=O) groups excluding carboxylic acids is 1. The fourth-order valence-electron chi connectivity index (χ4n) is 3.04. The summed E-state index contributed by atoms with van der Waals surface area (Å²) in [7, 11) is 1.62. The summed E-state index contributed by atoms with van der Waals surface area (Å²) >= 11 is 0. The molecule has 1 aliphatic rings. The number of carbonyl (C=O) groups is 1. The Hall–Kier alpha value is -2.40. The molecule has 24 heavy (non-hydrogen) atoms. The average Bonchev–Trinajstić information content (AvgIpc) is 2.61. The monoisotopic (exact) mass is 325 g/mol. The van der Waals surface area contributed by atoms with E-state index in [-0.39, 0.29) is 5.91 Å². The van der Waals surface area contributed by atoms with Gasteiger partial charge in [0, 0.05) is 5.69 Å². The SMILES string of the molecule is COc1cccc(CC(N)C(=O)Nc2cnc3c(c2)CCCC3)c1. The van der Waals surface area contributed by atoms with E-state index >= 15 is 0 Å². The molecule has 1 heterocycles. The Morgan fingerprint density at radius 1 is 1.33 bits per heavy atom. The Morgan fingerprint density at radius 2 is 2.17 bits per heavy atom. The highest BCUT2D eigenvalue weighted by molar-refractivity contribution is 5.94. The van der Waals surface area contributed by atoms with Gasteiger partial charge >= 0.3 is 0 Å². The summed E-state index contributed by atoms with van der Waals surface area (Å²) in [5, 5.41) is 2.88. The summed E-state index contributed by atoms with van der Waals surface area (Å²) in [5.41, 5.74) is 10.1. The fraction of sp³-hybridized carbons (Fsp3) is 0.368. The number of nitrogens with two attached hydrogens (primary N) is 1. The van der Waals surface area contributed by atoms with Gasteiger partial charge in [0.25, 0.3) is 0 Å². The molecule has 0 saturated heterocycles. The minimum absolute atomic E-state index is 0.199. The van der Waals surface area contributed by atoms with Gasteiger partial charge in [0.2, 0.25) is 5.91 Å². The molecule has 0 saturated carbocycles. The number of nitrogens with one attached hydrogen (secondary N) is 1. The molecule has 0 spiro atoms. The first-order chi connectivity index (χ1) is 11.7. The van der Waals surface area contributed by atoms with E-state index in [1.54, 1.807) is 13.3 Å². The van der Waals surface area contributed by atoms with E-state index in [4.69, 9.17) is 10.5 Å². The third kappa shape index (κ3) is 3.92. The zero-order valence-electron chi connectivity index (χ0n) is 13.9. The van der Waals surface area contributed by atoms with Crippen LogP contribution in [0.1, 0.15) is 29.7 Å². The van der Waals surface area contributed by atoms with Crippen molar-refractivity contribution < 1.29 is 9.53 Å². The molecule has 126 valence electrons. The van der Waals surface area contributed by atoms with Crippen LogP contribution in [-0.2, 0) is 24.1 Å². The molecular formula is C19H23N3O2. The van der Waals surface area contributed by atoms with Crippen LogP contribution in [0.25, 0.3) is 0 Å². The van der Waals surface area contributed by atoms with E-state index < -0.39 is 6.04 Å². The number of amides is 1. The van der Waals surface area contributed by atoms with Gasteiger partial charge in [-0.15, -0.1) is 0 Å². The largest absolute Gasteiger partial charge is 0.497 e. The zero-order valence-corrected chi connectivity index (χ0v) is 13.9. The summed E-state index contributed by atoms with van der Waals surface area (Å²) in [6.45, 7) is 0. The fourth-order valence-corrected chi connectivity index (χ4v) is 3.04. The summed E-state index contributed by atoms with van der Waals surface area (Å²) in [6, 6.07) is 9.01. The van der Waals surface area contributed by atoms with E-state index in [1.807, 2.05) is 30.3 Å². The number of hydrogen-bond acceptors (Lipinski definition) is 4. The van der Waals surface area contributed by atoms with E-state index in [9.17, 15) is 4.79 Å². The standard InChI is InChI=1S/C19H23N3O2/c1-24-16-7-4-5-13(9-16)10-17(20)19(23)22-15-11-14-6-2-3-8-18(14)21-12-15/h4-5,7,9,11-12,17H,2-3,6,8,10,20H2,1H3,(H,22,23). The molecule has 1 aromatic carbocycles. The van der Waals surface area contributed by atoms with Crippen LogP contribution >= 0.6 is 0 Å². The second-order valence-electron chi connectivity index (χ2n) is 6.19. The van der Waals surface area contributed by atoms with Gasteiger partial charge in [-0.3, -0.25) is 9.78 Å². The lowest BCUT2D eigenvalue weighted by Crippen LogP contribution is -2.37. The number of aromatic nitrogens is 1. The van der Waals surface area contributed by atoms with Crippen molar-refractivity contribution in [2.24, 2.45) is 5.73 Å². The molecule has 3 N–H and O–H groups in total. The third-order valence-corrected chi connectivity index (χ3v) is 4.36. The second-order valence-corrected chi connectivity index (χ2v) is 6.19. The minimum atomic E-state index is -0.617. The molecule has 1 unspecified atom stereocenters. The van der Waals surface area contributed by atoms with Gasteiger partial charge in [0.05, 0.1) is 25.0 Å². The Kier molecular flexibility index (Phi) is 5.11. The lowest BCUT2D eigenvalue weighted by molar-refractivity contribution is -0.117. The van der Waals surface area contributed by atoms with Crippen molar-refractivity contribution in [1.82, 2.24) is 4.98 Å². The third-order valence-electron chi connectivity index (χ3n) is 4.36. The number of fused-ring (bicyclic) bond motifs is 1. The lowest BCUT2D eigenvalue weighted by Gasteiger charge is -2.17. The lowest BCUT2D eigenvalue weighted by atomic mass is 9.96. The first kappa shape index (κ1) is 16.5. The van der Waals surface area contributed by atoms with Crippen LogP contribution in [0.3, 0.4) is 0 Å². The minimum Gasteiger partial charge on any atom is -0.497 e. The number of rotatable bonds is 5. The van der Waals surface area contributed by atoms with Gasteiger partial charge in [-0.2, -0.15) is 0 Å². The molecular weight excluding hydrogens is 302 g/mol. The first-order valence-electron chi connectivity index (χ1n) is 8.33. The van der Waals surface area contributed by atoms with Crippen molar-refractivity contribution in [3.8, 4) is 5.75 Å². The van der Waals surface area contributed by atoms with Crippen molar-refractivity contribution in [1.29, 1.82) is 0 Å². The molecule has 3 rings (SSSR count). The highest BCUT2D eigenvalue weighted by atomic mass is 16.5. The Bertz CT molecular complexity index is 730. The van der Waals surface area contributed by atoms with E-state index in [2.05, 4.69) is 10.3 Å². The van der Waals surface area contributed by atoms with Crippen molar-refractivity contribution in [2.45, 2.75) is 38.1 Å².